The molecule has 0 bridgehead atoms. The van der Waals surface area contributed by atoms with E-state index in [9.17, 15) is 0 Å². The van der Waals surface area contributed by atoms with Crippen molar-refractivity contribution in [2.75, 3.05) is 0 Å². The van der Waals surface area contributed by atoms with E-state index in [1.54, 1.807) is 12.5 Å². The molecule has 0 saturated carbocycles. The van der Waals surface area contributed by atoms with E-state index in [4.69, 9.17) is 0 Å². The maximum atomic E-state index is 4.50. The van der Waals surface area contributed by atoms with E-state index < -0.39 is 0 Å². The highest BCUT2D eigenvalue weighted by molar-refractivity contribution is 5.99. The van der Waals surface area contributed by atoms with Crippen molar-refractivity contribution in [1.29, 1.82) is 0 Å². The van der Waals surface area contributed by atoms with Gasteiger partial charge in [-0.25, -0.2) is 9.97 Å². The maximum Gasteiger partial charge on any atom is 0.116 e. The standard InChI is InChI=1S/C25H17N3/c1-2-13-27-24(9-1)21-11-10-18-5-4-8-22(23(18)16-21)19-6-3-7-20(15-19)25-12-14-26-17-28-25/h1-17H. The monoisotopic (exact) mass is 359 g/mol. The fraction of sp³-hybridized carbons (Fsp3) is 0. The smallest absolute Gasteiger partial charge is 0.116 e. The Morgan fingerprint density at radius 1 is 0.536 bits per heavy atom. The molecule has 0 atom stereocenters. The molecule has 132 valence electrons. The van der Waals surface area contributed by atoms with Gasteiger partial charge in [-0.15, -0.1) is 0 Å². The second-order valence-corrected chi connectivity index (χ2v) is 6.63. The third kappa shape index (κ3) is 3.03. The first-order valence-corrected chi connectivity index (χ1v) is 9.19. The summed E-state index contributed by atoms with van der Waals surface area (Å²) in [5.74, 6) is 0. The average molecular weight is 359 g/mol. The Hall–Kier alpha value is -3.85. The predicted molar refractivity (Wildman–Crippen MR) is 114 cm³/mol. The number of benzene rings is 3. The van der Waals surface area contributed by atoms with Crippen molar-refractivity contribution < 1.29 is 0 Å². The molecular formula is C25H17N3. The summed E-state index contributed by atoms with van der Waals surface area (Å²) in [6.45, 7) is 0. The summed E-state index contributed by atoms with van der Waals surface area (Å²) in [6.07, 6.45) is 5.18. The van der Waals surface area contributed by atoms with Gasteiger partial charge in [-0.3, -0.25) is 4.98 Å². The van der Waals surface area contributed by atoms with Crippen molar-refractivity contribution in [1.82, 2.24) is 15.0 Å². The lowest BCUT2D eigenvalue weighted by Gasteiger charge is -2.10. The van der Waals surface area contributed by atoms with Gasteiger partial charge in [0.05, 0.1) is 11.4 Å². The highest BCUT2D eigenvalue weighted by Gasteiger charge is 2.08. The summed E-state index contributed by atoms with van der Waals surface area (Å²) in [5.41, 5.74) is 6.47. The van der Waals surface area contributed by atoms with Gasteiger partial charge in [0.15, 0.2) is 0 Å². The highest BCUT2D eigenvalue weighted by atomic mass is 14.8. The van der Waals surface area contributed by atoms with E-state index in [1.807, 2.05) is 30.5 Å². The number of fused-ring (bicyclic) bond motifs is 1. The first-order chi connectivity index (χ1) is 13.9. The molecule has 28 heavy (non-hydrogen) atoms. The van der Waals surface area contributed by atoms with E-state index in [1.165, 1.54) is 21.9 Å². The van der Waals surface area contributed by atoms with Gasteiger partial charge in [-0.05, 0) is 52.2 Å². The van der Waals surface area contributed by atoms with Crippen molar-refractivity contribution in [2.45, 2.75) is 0 Å². The normalized spacial score (nSPS) is 10.9. The zero-order chi connectivity index (χ0) is 18.8. The molecule has 0 amide bonds. The van der Waals surface area contributed by atoms with Crippen LogP contribution < -0.4 is 0 Å². The average Bonchev–Trinajstić information content (AvgIpc) is 2.79. The van der Waals surface area contributed by atoms with Gasteiger partial charge in [-0.2, -0.15) is 0 Å². The first-order valence-electron chi connectivity index (χ1n) is 9.19. The number of hydrogen-bond acceptors (Lipinski definition) is 3. The molecule has 0 saturated heterocycles. The van der Waals surface area contributed by atoms with Gasteiger partial charge in [0.25, 0.3) is 0 Å². The van der Waals surface area contributed by atoms with Crippen molar-refractivity contribution in [3.8, 4) is 33.6 Å². The Labute approximate surface area is 163 Å². The minimum atomic E-state index is 0.922. The third-order valence-electron chi connectivity index (χ3n) is 4.89. The Bertz CT molecular complexity index is 1250. The lowest BCUT2D eigenvalue weighted by molar-refractivity contribution is 1.17. The fourth-order valence-electron chi connectivity index (χ4n) is 3.52. The molecule has 0 aliphatic rings. The van der Waals surface area contributed by atoms with E-state index >= 15 is 0 Å². The SMILES string of the molecule is c1ccc(-c2ccc3cccc(-c4cccc(-c5ccncn5)c4)c3c2)nc1. The summed E-state index contributed by atoms with van der Waals surface area (Å²) < 4.78 is 0. The zero-order valence-corrected chi connectivity index (χ0v) is 15.2. The summed E-state index contributed by atoms with van der Waals surface area (Å²) in [7, 11) is 0. The molecule has 2 aromatic heterocycles. The Balaban J connectivity index is 1.67. The van der Waals surface area contributed by atoms with Crippen LogP contribution in [-0.2, 0) is 0 Å². The Morgan fingerprint density at radius 3 is 2.25 bits per heavy atom. The minimum absolute atomic E-state index is 0.922. The number of aromatic nitrogens is 3. The quantitative estimate of drug-likeness (QED) is 0.395. The number of rotatable bonds is 3. The topological polar surface area (TPSA) is 38.7 Å². The summed E-state index contributed by atoms with van der Waals surface area (Å²) in [5, 5.41) is 2.43. The van der Waals surface area contributed by atoms with Crippen LogP contribution in [0.3, 0.4) is 0 Å². The van der Waals surface area contributed by atoms with E-state index in [2.05, 4.69) is 75.6 Å². The van der Waals surface area contributed by atoms with Crippen LogP contribution >= 0.6 is 0 Å². The minimum Gasteiger partial charge on any atom is -0.256 e. The molecule has 5 aromatic rings. The van der Waals surface area contributed by atoms with E-state index in [-0.39, 0.29) is 0 Å². The van der Waals surface area contributed by atoms with Crippen LogP contribution in [0.5, 0.6) is 0 Å². The van der Waals surface area contributed by atoms with Crippen LogP contribution in [0.15, 0.2) is 104 Å². The van der Waals surface area contributed by atoms with Crippen molar-refractivity contribution in [2.24, 2.45) is 0 Å². The van der Waals surface area contributed by atoms with Crippen molar-refractivity contribution in [3.63, 3.8) is 0 Å². The maximum absolute atomic E-state index is 4.50. The molecule has 0 aliphatic carbocycles. The van der Waals surface area contributed by atoms with Gasteiger partial charge < -0.3 is 0 Å². The van der Waals surface area contributed by atoms with Crippen LogP contribution in [0.1, 0.15) is 0 Å². The second kappa shape index (κ2) is 7.05. The van der Waals surface area contributed by atoms with Crippen LogP contribution in [-0.4, -0.2) is 15.0 Å². The number of nitrogens with zero attached hydrogens (tertiary/aromatic N) is 3. The Morgan fingerprint density at radius 2 is 1.39 bits per heavy atom. The zero-order valence-electron chi connectivity index (χ0n) is 15.2. The second-order valence-electron chi connectivity index (χ2n) is 6.63. The fourth-order valence-corrected chi connectivity index (χ4v) is 3.52. The molecule has 3 nitrogen and oxygen atoms in total. The molecule has 0 radical (unpaired) electrons. The number of pyridine rings is 1. The predicted octanol–water partition coefficient (Wildman–Crippen LogP) is 6.03. The van der Waals surface area contributed by atoms with Crippen LogP contribution in [0.4, 0.5) is 0 Å². The third-order valence-corrected chi connectivity index (χ3v) is 4.89. The molecule has 0 spiro atoms. The molecule has 0 N–H and O–H groups in total. The molecular weight excluding hydrogens is 342 g/mol. The summed E-state index contributed by atoms with van der Waals surface area (Å²) in [6, 6.07) is 29.4. The molecule has 0 aliphatic heterocycles. The number of hydrogen-bond donors (Lipinski definition) is 0. The largest absolute Gasteiger partial charge is 0.256 e. The van der Waals surface area contributed by atoms with Gasteiger partial charge in [0.1, 0.15) is 6.33 Å². The molecule has 2 heterocycles. The molecule has 5 rings (SSSR count). The summed E-state index contributed by atoms with van der Waals surface area (Å²) in [4.78, 5) is 12.9. The molecule has 3 aromatic carbocycles. The summed E-state index contributed by atoms with van der Waals surface area (Å²) >= 11 is 0. The lowest BCUT2D eigenvalue weighted by atomic mass is 9.94. The first kappa shape index (κ1) is 16.3. The van der Waals surface area contributed by atoms with Crippen LogP contribution in [0.2, 0.25) is 0 Å². The molecule has 0 unspecified atom stereocenters. The van der Waals surface area contributed by atoms with Gasteiger partial charge in [0, 0.05) is 23.5 Å². The van der Waals surface area contributed by atoms with Gasteiger partial charge in [0.2, 0.25) is 0 Å². The molecule has 3 heteroatoms. The highest BCUT2D eigenvalue weighted by Crippen LogP contribution is 2.33. The van der Waals surface area contributed by atoms with Gasteiger partial charge in [-0.1, -0.05) is 54.6 Å². The van der Waals surface area contributed by atoms with E-state index in [0.29, 0.717) is 0 Å². The lowest BCUT2D eigenvalue weighted by Crippen LogP contribution is -1.87. The Kier molecular flexibility index (Phi) is 4.11. The van der Waals surface area contributed by atoms with Crippen molar-refractivity contribution in [3.05, 3.63) is 104 Å². The molecule has 0 fully saturated rings. The van der Waals surface area contributed by atoms with Crippen LogP contribution in [0, 0.1) is 0 Å². The van der Waals surface area contributed by atoms with E-state index in [0.717, 1.165) is 22.5 Å². The van der Waals surface area contributed by atoms with Crippen molar-refractivity contribution >= 4 is 10.8 Å². The van der Waals surface area contributed by atoms with Gasteiger partial charge >= 0.3 is 0 Å². The van der Waals surface area contributed by atoms with Crippen LogP contribution in [0.25, 0.3) is 44.4 Å².